The number of likely N-dealkylation sites (tertiary alicyclic amines) is 1. The van der Waals surface area contributed by atoms with Crippen molar-refractivity contribution in [3.05, 3.63) is 48.3 Å². The molecule has 0 radical (unpaired) electrons. The zero-order valence-electron chi connectivity index (χ0n) is 18.7. The molecular weight excluding hydrogens is 462 g/mol. The van der Waals surface area contributed by atoms with Gasteiger partial charge in [0.05, 0.1) is 48.8 Å². The number of likely N-dealkylation sites (N-methyl/N-ethyl adjacent to an activating group) is 1. The van der Waals surface area contributed by atoms with E-state index in [9.17, 15) is 23.2 Å². The van der Waals surface area contributed by atoms with Crippen molar-refractivity contribution in [1.29, 1.82) is 5.26 Å². The number of hydrogen-bond acceptors (Lipinski definition) is 7. The van der Waals surface area contributed by atoms with Crippen molar-refractivity contribution < 1.29 is 27.9 Å². The summed E-state index contributed by atoms with van der Waals surface area (Å²) in [6.07, 6.45) is 1.02. The van der Waals surface area contributed by atoms with Crippen LogP contribution in [0.25, 0.3) is 0 Å². The number of alkyl halides is 2. The number of rotatable bonds is 5. The van der Waals surface area contributed by atoms with Crippen LogP contribution in [0.3, 0.4) is 0 Å². The molecule has 3 heterocycles. The molecular formula is C23H22F2N6O4. The first-order valence-corrected chi connectivity index (χ1v) is 10.8. The van der Waals surface area contributed by atoms with Crippen LogP contribution >= 0.6 is 0 Å². The molecule has 2 aromatic rings. The van der Waals surface area contributed by atoms with Crippen LogP contribution in [0.5, 0.6) is 5.75 Å². The maximum atomic E-state index is 13.6. The minimum atomic E-state index is -3.15. The predicted octanol–water partition coefficient (Wildman–Crippen LogP) is 1.41. The molecule has 182 valence electrons. The zero-order chi connectivity index (χ0) is 25.2. The minimum Gasteiger partial charge on any atom is -0.477 e. The van der Waals surface area contributed by atoms with Gasteiger partial charge < -0.3 is 25.2 Å². The summed E-state index contributed by atoms with van der Waals surface area (Å²) in [6.45, 7) is -1.19. The number of amides is 3. The van der Waals surface area contributed by atoms with Crippen LogP contribution in [-0.4, -0.2) is 72.4 Å². The highest BCUT2D eigenvalue weighted by Gasteiger charge is 2.47. The van der Waals surface area contributed by atoms with Crippen molar-refractivity contribution in [2.45, 2.75) is 24.5 Å². The van der Waals surface area contributed by atoms with E-state index in [4.69, 9.17) is 10.00 Å². The summed E-state index contributed by atoms with van der Waals surface area (Å²) < 4.78 is 33.0. The average Bonchev–Trinajstić information content (AvgIpc) is 3.17. The number of anilines is 2. The number of halogens is 2. The maximum absolute atomic E-state index is 13.6. The van der Waals surface area contributed by atoms with Crippen LogP contribution in [-0.2, 0) is 9.59 Å². The molecule has 10 nitrogen and oxygen atoms in total. The van der Waals surface area contributed by atoms with E-state index < -0.39 is 55.3 Å². The van der Waals surface area contributed by atoms with Gasteiger partial charge in [0.2, 0.25) is 5.91 Å². The average molecular weight is 484 g/mol. The third-order valence-corrected chi connectivity index (χ3v) is 5.74. The molecule has 1 unspecified atom stereocenters. The summed E-state index contributed by atoms with van der Waals surface area (Å²) in [7, 11) is 1.83. The molecule has 0 saturated carbocycles. The second-order valence-corrected chi connectivity index (χ2v) is 8.27. The second-order valence-electron chi connectivity index (χ2n) is 8.27. The number of benzene rings is 1. The number of carbonyl (C=O) groups excluding carboxylic acids is 3. The van der Waals surface area contributed by atoms with Crippen LogP contribution in [0.1, 0.15) is 16.8 Å². The number of fused-ring (bicyclic) bond motifs is 1. The van der Waals surface area contributed by atoms with E-state index in [0.29, 0.717) is 5.75 Å². The molecule has 1 aromatic carbocycles. The van der Waals surface area contributed by atoms with Gasteiger partial charge in [-0.1, -0.05) is 12.1 Å². The number of nitriles is 1. The lowest BCUT2D eigenvalue weighted by molar-refractivity contribution is -0.131. The highest BCUT2D eigenvalue weighted by Crippen LogP contribution is 2.33. The van der Waals surface area contributed by atoms with Crippen LogP contribution in [0.2, 0.25) is 0 Å². The van der Waals surface area contributed by atoms with Gasteiger partial charge in [-0.3, -0.25) is 19.4 Å². The molecule has 0 bridgehead atoms. The van der Waals surface area contributed by atoms with Crippen LogP contribution in [0.4, 0.5) is 20.2 Å². The smallest absolute Gasteiger partial charge is 0.268 e. The summed E-state index contributed by atoms with van der Waals surface area (Å²) in [4.78, 5) is 44.5. The Morgan fingerprint density at radius 2 is 2.06 bits per heavy atom. The Labute approximate surface area is 199 Å². The van der Waals surface area contributed by atoms with Crippen LogP contribution < -0.4 is 20.3 Å². The van der Waals surface area contributed by atoms with Gasteiger partial charge in [-0.05, 0) is 18.2 Å². The molecule has 35 heavy (non-hydrogen) atoms. The van der Waals surface area contributed by atoms with Crippen LogP contribution in [0.15, 0.2) is 42.7 Å². The zero-order valence-corrected chi connectivity index (χ0v) is 18.7. The van der Waals surface area contributed by atoms with Gasteiger partial charge in [0.1, 0.15) is 11.8 Å². The molecule has 1 fully saturated rings. The van der Waals surface area contributed by atoms with Crippen molar-refractivity contribution >= 4 is 29.1 Å². The number of nitrogens with one attached hydrogen (secondary N) is 2. The van der Waals surface area contributed by atoms with E-state index >= 15 is 0 Å². The Balaban J connectivity index is 1.40. The van der Waals surface area contributed by atoms with Gasteiger partial charge in [-0.25, -0.2) is 8.78 Å². The van der Waals surface area contributed by atoms with Gasteiger partial charge in [0.25, 0.3) is 17.7 Å². The SMILES string of the molecule is CN1CC(C(=O)Nc2cnccc2C(=O)NCC(=O)N2CC(F)(F)C[C@H]2C#N)Oc2ccccc21. The van der Waals surface area contributed by atoms with Crippen molar-refractivity contribution in [3.63, 3.8) is 0 Å². The van der Waals surface area contributed by atoms with Crippen molar-refractivity contribution in [2.75, 3.05) is 36.9 Å². The molecule has 2 aliphatic heterocycles. The van der Waals surface area contributed by atoms with E-state index in [0.717, 1.165) is 10.6 Å². The molecule has 4 rings (SSSR count). The number of ether oxygens (including phenoxy) is 1. The number of pyridine rings is 1. The quantitative estimate of drug-likeness (QED) is 0.657. The Kier molecular flexibility index (Phi) is 6.50. The van der Waals surface area contributed by atoms with Gasteiger partial charge in [0.15, 0.2) is 6.10 Å². The molecule has 3 amide bonds. The highest BCUT2D eigenvalue weighted by molar-refractivity contribution is 6.05. The largest absolute Gasteiger partial charge is 0.477 e. The monoisotopic (exact) mass is 484 g/mol. The lowest BCUT2D eigenvalue weighted by atomic mass is 10.1. The van der Waals surface area contributed by atoms with E-state index in [-0.39, 0.29) is 17.8 Å². The molecule has 2 atom stereocenters. The second kappa shape index (κ2) is 9.54. The molecule has 1 saturated heterocycles. The van der Waals surface area contributed by atoms with Crippen molar-refractivity contribution in [1.82, 2.24) is 15.2 Å². The summed E-state index contributed by atoms with van der Waals surface area (Å²) >= 11 is 0. The fraction of sp³-hybridized carbons (Fsp3) is 0.348. The molecule has 2 N–H and O–H groups in total. The Morgan fingerprint density at radius 3 is 2.83 bits per heavy atom. The summed E-state index contributed by atoms with van der Waals surface area (Å²) in [5.41, 5.74) is 0.960. The van der Waals surface area contributed by atoms with Crippen molar-refractivity contribution in [3.8, 4) is 11.8 Å². The first-order valence-electron chi connectivity index (χ1n) is 10.8. The molecule has 1 aromatic heterocycles. The topological polar surface area (TPSA) is 128 Å². The molecule has 2 aliphatic rings. The number of hydrogen-bond donors (Lipinski definition) is 2. The molecule has 0 aliphatic carbocycles. The standard InChI is InChI=1S/C23H22F2N6O4/c1-30-12-19(35-18-5-3-2-4-17(18)30)22(34)29-16-10-27-7-6-15(16)21(33)28-11-20(32)31-13-23(24,25)8-14(31)9-26/h2-7,10,14,19H,8,11-13H2,1H3,(H,28,33)(H,29,34)/t14-,19?/m0/s1. The maximum Gasteiger partial charge on any atom is 0.268 e. The fourth-order valence-electron chi connectivity index (χ4n) is 4.00. The number of para-hydroxylation sites is 2. The molecule has 12 heteroatoms. The van der Waals surface area contributed by atoms with E-state index in [1.165, 1.54) is 18.5 Å². The van der Waals surface area contributed by atoms with Crippen LogP contribution in [0, 0.1) is 11.3 Å². The van der Waals surface area contributed by atoms with Gasteiger partial charge in [-0.2, -0.15) is 5.26 Å². The Bertz CT molecular complexity index is 1200. The van der Waals surface area contributed by atoms with Gasteiger partial charge >= 0.3 is 0 Å². The third-order valence-electron chi connectivity index (χ3n) is 5.74. The Hall–Kier alpha value is -4.27. The molecule has 0 spiro atoms. The van der Waals surface area contributed by atoms with Crippen molar-refractivity contribution in [2.24, 2.45) is 0 Å². The number of carbonyl (C=O) groups is 3. The summed E-state index contributed by atoms with van der Waals surface area (Å²) in [6, 6.07) is 9.04. The predicted molar refractivity (Wildman–Crippen MR) is 120 cm³/mol. The first kappa shape index (κ1) is 23.9. The normalized spacial score (nSPS) is 20.3. The van der Waals surface area contributed by atoms with E-state index in [1.807, 2.05) is 24.1 Å². The van der Waals surface area contributed by atoms with E-state index in [1.54, 1.807) is 18.2 Å². The number of aromatic nitrogens is 1. The van der Waals surface area contributed by atoms with E-state index in [2.05, 4.69) is 15.6 Å². The lowest BCUT2D eigenvalue weighted by Gasteiger charge is -2.33. The third kappa shape index (κ3) is 5.13. The Morgan fingerprint density at radius 1 is 1.29 bits per heavy atom. The van der Waals surface area contributed by atoms with Gasteiger partial charge in [-0.15, -0.1) is 0 Å². The highest BCUT2D eigenvalue weighted by atomic mass is 19.3. The van der Waals surface area contributed by atoms with Gasteiger partial charge in [0, 0.05) is 19.7 Å². The number of nitrogens with zero attached hydrogens (tertiary/aromatic N) is 4. The minimum absolute atomic E-state index is 0.0225. The fourth-order valence-corrected chi connectivity index (χ4v) is 4.00. The summed E-state index contributed by atoms with van der Waals surface area (Å²) in [5.74, 6) is -4.63. The first-order chi connectivity index (χ1) is 16.7. The summed E-state index contributed by atoms with van der Waals surface area (Å²) in [5, 5.41) is 14.0. The lowest BCUT2D eigenvalue weighted by Crippen LogP contribution is -2.45.